The van der Waals surface area contributed by atoms with Gasteiger partial charge in [-0.15, -0.1) is 0 Å². The highest BCUT2D eigenvalue weighted by Gasteiger charge is 2.40. The number of rotatable bonds is 4. The van der Waals surface area contributed by atoms with Gasteiger partial charge in [-0.2, -0.15) is 0 Å². The van der Waals surface area contributed by atoms with E-state index in [0.29, 0.717) is 5.92 Å². The standard InChI is InChI=1S/C18H26O/c1-12(2)14-5-7-15(8-6-14)18(19)11-17-10-13-3-4-16(17)9-13/h5-8,12-13,16-19H,3-4,9-11H2,1-2H3. The molecule has 2 bridgehead atoms. The maximum atomic E-state index is 10.4. The predicted octanol–water partition coefficient (Wildman–Crippen LogP) is 4.67. The third-order valence-electron chi connectivity index (χ3n) is 5.40. The summed E-state index contributed by atoms with van der Waals surface area (Å²) >= 11 is 0. The molecule has 2 aliphatic carbocycles. The van der Waals surface area contributed by atoms with Crippen molar-refractivity contribution in [2.24, 2.45) is 17.8 Å². The zero-order valence-corrected chi connectivity index (χ0v) is 12.2. The van der Waals surface area contributed by atoms with Crippen LogP contribution in [-0.2, 0) is 0 Å². The van der Waals surface area contributed by atoms with Crippen molar-refractivity contribution >= 4 is 0 Å². The molecule has 1 aromatic rings. The molecular formula is C18H26O. The van der Waals surface area contributed by atoms with Crippen LogP contribution < -0.4 is 0 Å². The van der Waals surface area contributed by atoms with E-state index in [4.69, 9.17) is 0 Å². The van der Waals surface area contributed by atoms with Crippen LogP contribution in [-0.4, -0.2) is 5.11 Å². The van der Waals surface area contributed by atoms with Crippen LogP contribution >= 0.6 is 0 Å². The van der Waals surface area contributed by atoms with Crippen molar-refractivity contribution in [1.82, 2.24) is 0 Å². The molecule has 0 radical (unpaired) electrons. The van der Waals surface area contributed by atoms with Crippen molar-refractivity contribution in [1.29, 1.82) is 0 Å². The molecule has 0 aliphatic heterocycles. The van der Waals surface area contributed by atoms with E-state index in [1.165, 1.54) is 31.2 Å². The van der Waals surface area contributed by atoms with Crippen molar-refractivity contribution in [3.05, 3.63) is 35.4 Å². The number of aliphatic hydroxyl groups excluding tert-OH is 1. The quantitative estimate of drug-likeness (QED) is 0.832. The molecule has 1 N–H and O–H groups in total. The molecule has 0 amide bonds. The highest BCUT2D eigenvalue weighted by Crippen LogP contribution is 2.50. The molecule has 4 atom stereocenters. The van der Waals surface area contributed by atoms with Gasteiger partial charge in [0.25, 0.3) is 0 Å². The number of fused-ring (bicyclic) bond motifs is 2. The van der Waals surface area contributed by atoms with E-state index in [-0.39, 0.29) is 6.10 Å². The first kappa shape index (κ1) is 13.2. The maximum Gasteiger partial charge on any atom is 0.0792 e. The minimum atomic E-state index is -0.259. The molecule has 2 aliphatic rings. The maximum absolute atomic E-state index is 10.4. The summed E-state index contributed by atoms with van der Waals surface area (Å²) in [4.78, 5) is 0. The Hall–Kier alpha value is -0.820. The second-order valence-electron chi connectivity index (χ2n) is 7.01. The fraction of sp³-hybridized carbons (Fsp3) is 0.667. The summed E-state index contributed by atoms with van der Waals surface area (Å²) in [5, 5.41) is 10.4. The largest absolute Gasteiger partial charge is 0.388 e. The molecule has 2 fully saturated rings. The monoisotopic (exact) mass is 258 g/mol. The highest BCUT2D eigenvalue weighted by atomic mass is 16.3. The van der Waals surface area contributed by atoms with E-state index >= 15 is 0 Å². The SMILES string of the molecule is CC(C)c1ccc(C(O)CC2CC3CCC2C3)cc1. The minimum Gasteiger partial charge on any atom is -0.388 e. The van der Waals surface area contributed by atoms with Gasteiger partial charge in [0, 0.05) is 0 Å². The van der Waals surface area contributed by atoms with Crippen LogP contribution in [0.5, 0.6) is 0 Å². The molecule has 104 valence electrons. The first-order valence-electron chi connectivity index (χ1n) is 7.91. The molecule has 0 saturated heterocycles. The number of aliphatic hydroxyl groups is 1. The molecule has 0 spiro atoms. The summed E-state index contributed by atoms with van der Waals surface area (Å²) in [5.74, 6) is 3.23. The minimum absolute atomic E-state index is 0.259. The van der Waals surface area contributed by atoms with Gasteiger partial charge in [-0.05, 0) is 60.5 Å². The van der Waals surface area contributed by atoms with E-state index in [2.05, 4.69) is 38.1 Å². The van der Waals surface area contributed by atoms with Crippen LogP contribution in [0.4, 0.5) is 0 Å². The average Bonchev–Trinajstić information content (AvgIpc) is 3.01. The molecule has 3 rings (SSSR count). The summed E-state index contributed by atoms with van der Waals surface area (Å²) in [6, 6.07) is 8.58. The van der Waals surface area contributed by atoms with E-state index in [9.17, 15) is 5.11 Å². The van der Waals surface area contributed by atoms with Gasteiger partial charge in [-0.3, -0.25) is 0 Å². The normalized spacial score (nSPS) is 31.1. The van der Waals surface area contributed by atoms with Crippen molar-refractivity contribution < 1.29 is 5.11 Å². The zero-order chi connectivity index (χ0) is 13.4. The lowest BCUT2D eigenvalue weighted by Crippen LogP contribution is -2.14. The van der Waals surface area contributed by atoms with E-state index in [0.717, 1.165) is 29.7 Å². The fourth-order valence-electron chi connectivity index (χ4n) is 4.19. The van der Waals surface area contributed by atoms with E-state index in [1.54, 1.807) is 0 Å². The lowest BCUT2D eigenvalue weighted by Gasteiger charge is -2.24. The predicted molar refractivity (Wildman–Crippen MR) is 79.0 cm³/mol. The lowest BCUT2D eigenvalue weighted by atomic mass is 9.83. The van der Waals surface area contributed by atoms with Crippen LogP contribution in [0.25, 0.3) is 0 Å². The highest BCUT2D eigenvalue weighted by molar-refractivity contribution is 5.26. The van der Waals surface area contributed by atoms with Crippen molar-refractivity contribution in [2.75, 3.05) is 0 Å². The molecule has 0 heterocycles. The van der Waals surface area contributed by atoms with Crippen molar-refractivity contribution in [3.63, 3.8) is 0 Å². The first-order valence-corrected chi connectivity index (χ1v) is 7.91. The Labute approximate surface area is 117 Å². The summed E-state index contributed by atoms with van der Waals surface area (Å²) in [7, 11) is 0. The van der Waals surface area contributed by atoms with Crippen molar-refractivity contribution in [3.8, 4) is 0 Å². The molecule has 1 heteroatoms. The first-order chi connectivity index (χ1) is 9.13. The fourth-order valence-corrected chi connectivity index (χ4v) is 4.19. The third-order valence-corrected chi connectivity index (χ3v) is 5.40. The van der Waals surface area contributed by atoms with Crippen LogP contribution in [0.15, 0.2) is 24.3 Å². The molecule has 19 heavy (non-hydrogen) atoms. The lowest BCUT2D eigenvalue weighted by molar-refractivity contribution is 0.125. The van der Waals surface area contributed by atoms with Crippen LogP contribution in [0, 0.1) is 17.8 Å². The Balaban J connectivity index is 1.62. The van der Waals surface area contributed by atoms with Gasteiger partial charge in [-0.25, -0.2) is 0 Å². The van der Waals surface area contributed by atoms with Crippen LogP contribution in [0.1, 0.15) is 69.1 Å². The number of hydrogen-bond acceptors (Lipinski definition) is 1. The Bertz CT molecular complexity index is 420. The molecule has 1 aromatic carbocycles. The molecule has 2 saturated carbocycles. The molecule has 0 aromatic heterocycles. The van der Waals surface area contributed by atoms with Gasteiger partial charge >= 0.3 is 0 Å². The van der Waals surface area contributed by atoms with Crippen molar-refractivity contribution in [2.45, 2.75) is 58.0 Å². The summed E-state index contributed by atoms with van der Waals surface area (Å²) in [6.07, 6.45) is 6.37. The van der Waals surface area contributed by atoms with Gasteiger partial charge in [0.15, 0.2) is 0 Å². The zero-order valence-electron chi connectivity index (χ0n) is 12.2. The smallest absolute Gasteiger partial charge is 0.0792 e. The van der Waals surface area contributed by atoms with E-state index < -0.39 is 0 Å². The Kier molecular flexibility index (Phi) is 3.66. The van der Waals surface area contributed by atoms with Crippen LogP contribution in [0.2, 0.25) is 0 Å². The van der Waals surface area contributed by atoms with Gasteiger partial charge < -0.3 is 5.11 Å². The van der Waals surface area contributed by atoms with Crippen LogP contribution in [0.3, 0.4) is 0 Å². The Morgan fingerprint density at radius 1 is 1.05 bits per heavy atom. The Morgan fingerprint density at radius 2 is 1.74 bits per heavy atom. The summed E-state index contributed by atoms with van der Waals surface area (Å²) in [5.41, 5.74) is 2.46. The Morgan fingerprint density at radius 3 is 2.26 bits per heavy atom. The average molecular weight is 258 g/mol. The third kappa shape index (κ3) is 2.72. The summed E-state index contributed by atoms with van der Waals surface area (Å²) in [6.45, 7) is 4.42. The van der Waals surface area contributed by atoms with Gasteiger partial charge in [0.1, 0.15) is 0 Å². The second kappa shape index (κ2) is 5.28. The van der Waals surface area contributed by atoms with Gasteiger partial charge in [0.05, 0.1) is 6.10 Å². The molecule has 1 nitrogen and oxygen atoms in total. The van der Waals surface area contributed by atoms with Gasteiger partial charge in [0.2, 0.25) is 0 Å². The number of hydrogen-bond donors (Lipinski definition) is 1. The summed E-state index contributed by atoms with van der Waals surface area (Å²) < 4.78 is 0. The molecular weight excluding hydrogens is 232 g/mol. The topological polar surface area (TPSA) is 20.2 Å². The molecule has 4 unspecified atom stereocenters. The second-order valence-corrected chi connectivity index (χ2v) is 7.01. The number of benzene rings is 1. The van der Waals surface area contributed by atoms with Gasteiger partial charge in [-0.1, -0.05) is 44.5 Å². The van der Waals surface area contributed by atoms with E-state index in [1.807, 2.05) is 0 Å².